The first-order chi connectivity index (χ1) is 20.7. The van der Waals surface area contributed by atoms with Crippen LogP contribution in [-0.4, -0.2) is 47.8 Å². The number of hydrogen-bond donors (Lipinski definition) is 0. The van der Waals surface area contributed by atoms with Gasteiger partial charge in [-0.2, -0.15) is 0 Å². The number of ether oxygens (including phenoxy) is 3. The summed E-state index contributed by atoms with van der Waals surface area (Å²) in [6, 6.07) is 10.2. The van der Waals surface area contributed by atoms with Gasteiger partial charge in [-0.1, -0.05) is 28.6 Å². The molecule has 43 heavy (non-hydrogen) atoms. The van der Waals surface area contributed by atoms with Crippen molar-refractivity contribution in [2.75, 3.05) is 12.0 Å². The summed E-state index contributed by atoms with van der Waals surface area (Å²) in [5, 5.41) is 5.15. The number of esters is 1. The second-order valence-electron chi connectivity index (χ2n) is 11.5. The van der Waals surface area contributed by atoms with Crippen molar-refractivity contribution in [1.29, 1.82) is 0 Å². The van der Waals surface area contributed by atoms with Crippen LogP contribution in [0.25, 0.3) is 21.5 Å². The van der Waals surface area contributed by atoms with Crippen LogP contribution in [0, 0.1) is 6.92 Å². The van der Waals surface area contributed by atoms with Gasteiger partial charge in [0.15, 0.2) is 5.13 Å². The van der Waals surface area contributed by atoms with E-state index < -0.39 is 6.36 Å². The molecule has 2 atom stereocenters. The largest absolute Gasteiger partial charge is 0.573 e. The lowest BCUT2D eigenvalue weighted by atomic mass is 10.00. The van der Waals surface area contributed by atoms with E-state index in [0.717, 1.165) is 59.4 Å². The van der Waals surface area contributed by atoms with Crippen molar-refractivity contribution in [3.05, 3.63) is 58.8 Å². The minimum absolute atomic E-state index is 0.0211. The third-order valence-corrected chi connectivity index (χ3v) is 9.62. The van der Waals surface area contributed by atoms with Crippen molar-refractivity contribution in [3.63, 3.8) is 0 Å². The maximum atomic E-state index is 13.1. The molecule has 7 rings (SSSR count). The summed E-state index contributed by atoms with van der Waals surface area (Å²) in [5.74, 6) is 0.211. The standard InChI is InChI=1S/C31H30F3N3O5S/c1-16-11-18(29(38)39-2)12-25-26(16)35-30(43-25)37-19-9-10-20(37)14-21(13-19)40-15-23-27(36-42-28(23)17-7-8-17)22-5-3-4-6-24(22)41-31(32,33)34/h3-6,11-12,17,19-21H,7-10,13-15H2,1-2H3. The third kappa shape index (κ3) is 5.46. The lowest BCUT2D eigenvalue weighted by Gasteiger charge is -2.38. The molecule has 4 aromatic rings. The first-order valence-electron chi connectivity index (χ1n) is 14.4. The zero-order chi connectivity index (χ0) is 29.9. The van der Waals surface area contributed by atoms with Crippen LogP contribution in [0.2, 0.25) is 0 Å². The van der Waals surface area contributed by atoms with E-state index in [2.05, 4.69) is 14.8 Å². The number of fused-ring (bicyclic) bond motifs is 3. The number of benzene rings is 2. The SMILES string of the molecule is COC(=O)c1cc(C)c2nc(N3C4CCC3CC(OCc3c(-c5ccccc5OC(F)(F)F)noc3C3CC3)C4)sc2c1. The summed E-state index contributed by atoms with van der Waals surface area (Å²) in [6.45, 7) is 2.15. The molecule has 2 aromatic heterocycles. The highest BCUT2D eigenvalue weighted by Gasteiger charge is 2.43. The van der Waals surface area contributed by atoms with Gasteiger partial charge in [-0.3, -0.25) is 0 Å². The van der Waals surface area contributed by atoms with Crippen LogP contribution < -0.4 is 9.64 Å². The van der Waals surface area contributed by atoms with Crippen molar-refractivity contribution in [3.8, 4) is 17.0 Å². The van der Waals surface area contributed by atoms with Gasteiger partial charge in [0.2, 0.25) is 0 Å². The van der Waals surface area contributed by atoms with E-state index in [0.29, 0.717) is 22.6 Å². The number of para-hydroxylation sites is 1. The molecule has 2 aromatic carbocycles. The minimum Gasteiger partial charge on any atom is -0.465 e. The highest BCUT2D eigenvalue weighted by molar-refractivity contribution is 7.22. The number of hydrogen-bond acceptors (Lipinski definition) is 9. The maximum absolute atomic E-state index is 13.1. The van der Waals surface area contributed by atoms with Crippen LogP contribution in [0.4, 0.5) is 18.3 Å². The molecule has 1 aliphatic carbocycles. The van der Waals surface area contributed by atoms with Crippen LogP contribution in [0.3, 0.4) is 0 Å². The van der Waals surface area contributed by atoms with Crippen molar-refractivity contribution >= 4 is 32.7 Å². The Labute approximate surface area is 249 Å². The number of halogens is 3. The van der Waals surface area contributed by atoms with Crippen molar-refractivity contribution in [2.24, 2.45) is 0 Å². The van der Waals surface area contributed by atoms with Crippen LogP contribution in [0.5, 0.6) is 5.75 Å². The quantitative estimate of drug-likeness (QED) is 0.189. The molecule has 3 fully saturated rings. The van der Waals surface area contributed by atoms with Crippen LogP contribution in [0.15, 0.2) is 40.9 Å². The number of aromatic nitrogens is 2. The summed E-state index contributed by atoms with van der Waals surface area (Å²) in [4.78, 5) is 19.5. The Bertz CT molecular complexity index is 1670. The molecule has 2 bridgehead atoms. The number of alkyl halides is 3. The molecule has 0 radical (unpaired) electrons. The molecular formula is C31H30F3N3O5S. The Balaban J connectivity index is 1.10. The number of anilines is 1. The first kappa shape index (κ1) is 28.1. The fourth-order valence-electron chi connectivity index (χ4n) is 6.52. The number of rotatable bonds is 8. The van der Waals surface area contributed by atoms with Gasteiger partial charge in [0, 0.05) is 29.1 Å². The number of nitrogens with zero attached hydrogens (tertiary/aromatic N) is 3. The molecule has 2 aliphatic heterocycles. The van der Waals surface area contributed by atoms with Crippen LogP contribution in [0.1, 0.15) is 71.7 Å². The molecule has 0 spiro atoms. The monoisotopic (exact) mass is 613 g/mol. The summed E-state index contributed by atoms with van der Waals surface area (Å²) in [5.41, 5.74) is 3.60. The number of methoxy groups -OCH3 is 1. The molecule has 8 nitrogen and oxygen atoms in total. The van der Waals surface area contributed by atoms with E-state index in [-0.39, 0.29) is 48.0 Å². The van der Waals surface area contributed by atoms with Gasteiger partial charge < -0.3 is 23.6 Å². The predicted octanol–water partition coefficient (Wildman–Crippen LogP) is 7.54. The summed E-state index contributed by atoms with van der Waals surface area (Å²) >= 11 is 1.59. The molecule has 1 saturated carbocycles. The summed E-state index contributed by atoms with van der Waals surface area (Å²) in [6.07, 6.45) is 0.738. The van der Waals surface area contributed by atoms with E-state index in [4.69, 9.17) is 19.0 Å². The number of carbonyl (C=O) groups is 1. The van der Waals surface area contributed by atoms with E-state index >= 15 is 0 Å². The number of aryl methyl sites for hydroxylation is 1. The number of carbonyl (C=O) groups excluding carboxylic acids is 1. The molecule has 0 N–H and O–H groups in total. The Hall–Kier alpha value is -3.64. The molecule has 4 heterocycles. The smallest absolute Gasteiger partial charge is 0.465 e. The molecule has 0 amide bonds. The fraction of sp³-hybridized carbons (Fsp3) is 0.452. The van der Waals surface area contributed by atoms with Gasteiger partial charge in [-0.25, -0.2) is 9.78 Å². The lowest BCUT2D eigenvalue weighted by Crippen LogP contribution is -2.45. The van der Waals surface area contributed by atoms with E-state index in [9.17, 15) is 18.0 Å². The maximum Gasteiger partial charge on any atom is 0.573 e. The van der Waals surface area contributed by atoms with Gasteiger partial charge >= 0.3 is 12.3 Å². The Morgan fingerprint density at radius 1 is 1.12 bits per heavy atom. The highest BCUT2D eigenvalue weighted by Crippen LogP contribution is 2.47. The zero-order valence-electron chi connectivity index (χ0n) is 23.6. The van der Waals surface area contributed by atoms with E-state index in [1.165, 1.54) is 19.2 Å². The molecule has 226 valence electrons. The molecular weight excluding hydrogens is 583 g/mol. The molecule has 2 saturated heterocycles. The topological polar surface area (TPSA) is 86.9 Å². The molecule has 12 heteroatoms. The average Bonchev–Trinajstić information content (AvgIpc) is 3.48. The lowest BCUT2D eigenvalue weighted by molar-refractivity contribution is -0.274. The van der Waals surface area contributed by atoms with Crippen LogP contribution in [-0.2, 0) is 16.1 Å². The molecule has 3 aliphatic rings. The third-order valence-electron chi connectivity index (χ3n) is 8.60. The van der Waals surface area contributed by atoms with Gasteiger partial charge in [-0.15, -0.1) is 13.2 Å². The second kappa shape index (κ2) is 10.8. The van der Waals surface area contributed by atoms with Crippen molar-refractivity contribution < 1.29 is 36.7 Å². The van der Waals surface area contributed by atoms with E-state index in [1.54, 1.807) is 23.5 Å². The molecule has 2 unspecified atom stereocenters. The predicted molar refractivity (Wildman–Crippen MR) is 153 cm³/mol. The summed E-state index contributed by atoms with van der Waals surface area (Å²) in [7, 11) is 1.38. The first-order valence-corrected chi connectivity index (χ1v) is 15.2. The van der Waals surface area contributed by atoms with Gasteiger partial charge in [0.25, 0.3) is 0 Å². The van der Waals surface area contributed by atoms with Crippen LogP contribution >= 0.6 is 11.3 Å². The minimum atomic E-state index is -4.82. The van der Waals surface area contributed by atoms with E-state index in [1.807, 2.05) is 19.1 Å². The summed E-state index contributed by atoms with van der Waals surface area (Å²) < 4.78 is 61.7. The highest BCUT2D eigenvalue weighted by atomic mass is 32.1. The van der Waals surface area contributed by atoms with Gasteiger partial charge in [0.05, 0.1) is 35.6 Å². The van der Waals surface area contributed by atoms with Crippen molar-refractivity contribution in [2.45, 2.75) is 82.5 Å². The van der Waals surface area contributed by atoms with Gasteiger partial charge in [-0.05, 0) is 75.3 Å². The normalized spacial score (nSPS) is 21.9. The fourth-order valence-corrected chi connectivity index (χ4v) is 7.75. The second-order valence-corrected chi connectivity index (χ2v) is 12.5. The number of thiazole rings is 1. The number of piperidine rings is 1. The zero-order valence-corrected chi connectivity index (χ0v) is 24.5. The van der Waals surface area contributed by atoms with Gasteiger partial charge in [0.1, 0.15) is 17.2 Å². The van der Waals surface area contributed by atoms with Crippen molar-refractivity contribution in [1.82, 2.24) is 10.1 Å². The average molecular weight is 614 g/mol. The Morgan fingerprint density at radius 3 is 2.56 bits per heavy atom. The Morgan fingerprint density at radius 2 is 1.86 bits per heavy atom. The Kier molecular flexibility index (Phi) is 7.08.